The monoisotopic (exact) mass is 334 g/mol. The first-order valence-corrected chi connectivity index (χ1v) is 7.36. The Kier molecular flexibility index (Phi) is 3.19. The molecule has 0 aliphatic heterocycles. The van der Waals surface area contributed by atoms with Crippen LogP contribution in [0.1, 0.15) is 26.2 Å². The van der Waals surface area contributed by atoms with E-state index >= 15 is 0 Å². The summed E-state index contributed by atoms with van der Waals surface area (Å²) >= 11 is 2.55. The second-order valence-electron chi connectivity index (χ2n) is 4.73. The standard InChI is InChI=1S/C16H15I/c17-16-11-14-5-3-12(4-6-14)1-2-13-7-9-15(16)10-8-13/h3-10,16H,1-2,11H2. The van der Waals surface area contributed by atoms with Crippen LogP contribution in [0.5, 0.6) is 0 Å². The maximum absolute atomic E-state index is 2.55. The van der Waals surface area contributed by atoms with Gasteiger partial charge in [0.25, 0.3) is 0 Å². The second kappa shape index (κ2) is 4.81. The molecule has 0 heterocycles. The lowest BCUT2D eigenvalue weighted by Crippen LogP contribution is -1.99. The summed E-state index contributed by atoms with van der Waals surface area (Å²) in [5.74, 6) is 0. The van der Waals surface area contributed by atoms with Crippen LogP contribution in [0.15, 0.2) is 48.5 Å². The maximum atomic E-state index is 2.55. The maximum Gasteiger partial charge on any atom is 0.0399 e. The van der Waals surface area contributed by atoms with E-state index in [0.717, 1.165) is 19.3 Å². The first-order chi connectivity index (χ1) is 8.31. The van der Waals surface area contributed by atoms with Gasteiger partial charge >= 0.3 is 0 Å². The van der Waals surface area contributed by atoms with E-state index in [1.807, 2.05) is 0 Å². The minimum atomic E-state index is 0.576. The van der Waals surface area contributed by atoms with Crippen molar-refractivity contribution in [1.29, 1.82) is 0 Å². The Balaban J connectivity index is 2.02. The van der Waals surface area contributed by atoms with Crippen LogP contribution in [-0.4, -0.2) is 0 Å². The molecule has 0 aromatic heterocycles. The van der Waals surface area contributed by atoms with Crippen LogP contribution in [0.4, 0.5) is 0 Å². The summed E-state index contributed by atoms with van der Waals surface area (Å²) < 4.78 is 0.576. The van der Waals surface area contributed by atoms with Crippen LogP contribution in [0, 0.1) is 0 Å². The molecule has 1 atom stereocenters. The minimum Gasteiger partial charge on any atom is -0.0771 e. The van der Waals surface area contributed by atoms with Gasteiger partial charge in [-0.15, -0.1) is 0 Å². The van der Waals surface area contributed by atoms with Crippen molar-refractivity contribution in [3.05, 3.63) is 70.8 Å². The van der Waals surface area contributed by atoms with Gasteiger partial charge in [0, 0.05) is 3.92 Å². The summed E-state index contributed by atoms with van der Waals surface area (Å²) in [6, 6.07) is 18.3. The summed E-state index contributed by atoms with van der Waals surface area (Å²) in [6.45, 7) is 0. The quantitative estimate of drug-likeness (QED) is 0.491. The number of hydrogen-bond donors (Lipinski definition) is 0. The molecule has 86 valence electrons. The van der Waals surface area contributed by atoms with Crippen LogP contribution in [0.25, 0.3) is 0 Å². The number of hydrogen-bond acceptors (Lipinski definition) is 0. The molecule has 0 saturated carbocycles. The number of alkyl halides is 1. The number of benzene rings is 2. The molecule has 0 radical (unpaired) electrons. The van der Waals surface area contributed by atoms with Crippen molar-refractivity contribution < 1.29 is 0 Å². The van der Waals surface area contributed by atoms with Crippen molar-refractivity contribution in [2.45, 2.75) is 23.2 Å². The van der Waals surface area contributed by atoms with E-state index in [1.54, 1.807) is 0 Å². The highest BCUT2D eigenvalue weighted by molar-refractivity contribution is 14.1. The Morgan fingerprint density at radius 3 is 1.76 bits per heavy atom. The van der Waals surface area contributed by atoms with Gasteiger partial charge in [0.15, 0.2) is 0 Å². The van der Waals surface area contributed by atoms with Crippen LogP contribution in [0.3, 0.4) is 0 Å². The highest BCUT2D eigenvalue weighted by atomic mass is 127. The molecule has 0 saturated heterocycles. The zero-order valence-corrected chi connectivity index (χ0v) is 11.9. The molecule has 4 bridgehead atoms. The van der Waals surface area contributed by atoms with Gasteiger partial charge in [0.1, 0.15) is 0 Å². The molecule has 0 spiro atoms. The third-order valence-electron chi connectivity index (χ3n) is 3.48. The van der Waals surface area contributed by atoms with Crippen molar-refractivity contribution in [1.82, 2.24) is 0 Å². The van der Waals surface area contributed by atoms with E-state index in [1.165, 1.54) is 22.3 Å². The Morgan fingerprint density at radius 2 is 1.18 bits per heavy atom. The van der Waals surface area contributed by atoms with Gasteiger partial charge in [0.05, 0.1) is 0 Å². The number of rotatable bonds is 0. The highest BCUT2D eigenvalue weighted by Crippen LogP contribution is 2.28. The normalized spacial score (nSPS) is 18.8. The predicted molar refractivity (Wildman–Crippen MR) is 80.8 cm³/mol. The van der Waals surface area contributed by atoms with E-state index in [2.05, 4.69) is 71.1 Å². The fraction of sp³-hybridized carbons (Fsp3) is 0.250. The molecule has 2 aromatic carbocycles. The van der Waals surface area contributed by atoms with Crippen LogP contribution in [-0.2, 0) is 19.3 Å². The molecule has 1 unspecified atom stereocenters. The smallest absolute Gasteiger partial charge is 0.0399 e. The molecule has 4 aliphatic rings. The van der Waals surface area contributed by atoms with Gasteiger partial charge in [0.2, 0.25) is 0 Å². The zero-order chi connectivity index (χ0) is 11.7. The Hall–Kier alpha value is -0.830. The van der Waals surface area contributed by atoms with E-state index in [9.17, 15) is 0 Å². The lowest BCUT2D eigenvalue weighted by Gasteiger charge is -2.13. The largest absolute Gasteiger partial charge is 0.0771 e. The summed E-state index contributed by atoms with van der Waals surface area (Å²) in [5.41, 5.74) is 5.78. The van der Waals surface area contributed by atoms with Crippen molar-refractivity contribution in [3.63, 3.8) is 0 Å². The first kappa shape index (κ1) is 11.3. The molecule has 0 nitrogen and oxygen atoms in total. The molecule has 6 rings (SSSR count). The van der Waals surface area contributed by atoms with Gasteiger partial charge in [-0.3, -0.25) is 0 Å². The van der Waals surface area contributed by atoms with Crippen molar-refractivity contribution in [3.8, 4) is 0 Å². The summed E-state index contributed by atoms with van der Waals surface area (Å²) in [4.78, 5) is 0. The SMILES string of the molecule is IC1Cc2ccc(cc2)CCc2ccc1cc2. The number of halogens is 1. The first-order valence-electron chi connectivity index (χ1n) is 6.12. The lowest BCUT2D eigenvalue weighted by atomic mass is 9.97. The van der Waals surface area contributed by atoms with Crippen LogP contribution in [0.2, 0.25) is 0 Å². The van der Waals surface area contributed by atoms with Gasteiger partial charge in [-0.25, -0.2) is 0 Å². The molecule has 2 aromatic rings. The van der Waals surface area contributed by atoms with E-state index in [0.29, 0.717) is 3.92 Å². The Bertz CT molecular complexity index is 496. The third kappa shape index (κ3) is 2.54. The predicted octanol–water partition coefficient (Wildman–Crippen LogP) is 4.50. The Labute approximate surface area is 116 Å². The van der Waals surface area contributed by atoms with Crippen molar-refractivity contribution in [2.24, 2.45) is 0 Å². The third-order valence-corrected chi connectivity index (χ3v) is 4.64. The lowest BCUT2D eigenvalue weighted by molar-refractivity contribution is 0.924. The summed E-state index contributed by atoms with van der Waals surface area (Å²) in [7, 11) is 0. The van der Waals surface area contributed by atoms with Crippen LogP contribution < -0.4 is 0 Å². The summed E-state index contributed by atoms with van der Waals surface area (Å²) in [5, 5.41) is 0. The highest BCUT2D eigenvalue weighted by Gasteiger charge is 2.09. The molecule has 0 fully saturated rings. The molecule has 4 aliphatic carbocycles. The van der Waals surface area contributed by atoms with Crippen molar-refractivity contribution >= 4 is 22.6 Å². The molecule has 0 amide bonds. The molecule has 1 heteroatoms. The fourth-order valence-electron chi connectivity index (χ4n) is 2.35. The van der Waals surface area contributed by atoms with Gasteiger partial charge < -0.3 is 0 Å². The average Bonchev–Trinajstić information content (AvgIpc) is 2.36. The van der Waals surface area contributed by atoms with E-state index < -0.39 is 0 Å². The minimum absolute atomic E-state index is 0.576. The average molecular weight is 334 g/mol. The second-order valence-corrected chi connectivity index (χ2v) is 6.23. The molecular formula is C16H15I. The zero-order valence-electron chi connectivity index (χ0n) is 9.70. The molecular weight excluding hydrogens is 319 g/mol. The number of aryl methyl sites for hydroxylation is 2. The fourth-order valence-corrected chi connectivity index (χ4v) is 3.27. The van der Waals surface area contributed by atoms with Gasteiger partial charge in [-0.05, 0) is 41.5 Å². The van der Waals surface area contributed by atoms with Gasteiger partial charge in [-0.2, -0.15) is 0 Å². The Morgan fingerprint density at radius 1 is 0.706 bits per heavy atom. The van der Waals surface area contributed by atoms with E-state index in [-0.39, 0.29) is 0 Å². The molecule has 0 N–H and O–H groups in total. The summed E-state index contributed by atoms with van der Waals surface area (Å²) in [6.07, 6.45) is 3.42. The van der Waals surface area contributed by atoms with Gasteiger partial charge in [-0.1, -0.05) is 71.1 Å². The van der Waals surface area contributed by atoms with Crippen LogP contribution >= 0.6 is 22.6 Å². The van der Waals surface area contributed by atoms with Crippen molar-refractivity contribution in [2.75, 3.05) is 0 Å². The topological polar surface area (TPSA) is 0 Å². The van der Waals surface area contributed by atoms with E-state index in [4.69, 9.17) is 0 Å². The molecule has 17 heavy (non-hydrogen) atoms.